The average Bonchev–Trinajstić information content (AvgIpc) is 2.79. The maximum absolute atomic E-state index is 5.38. The van der Waals surface area contributed by atoms with Crippen LogP contribution >= 0.6 is 0 Å². The first-order chi connectivity index (χ1) is 5.35. The Labute approximate surface area is 66.6 Å². The summed E-state index contributed by atoms with van der Waals surface area (Å²) in [6.07, 6.45) is 3.41. The van der Waals surface area contributed by atoms with Gasteiger partial charge in [0.15, 0.2) is 0 Å². The van der Waals surface area contributed by atoms with Gasteiger partial charge < -0.3 is 14.2 Å². The number of rotatable bonds is 2. The van der Waals surface area contributed by atoms with Gasteiger partial charge in [-0.25, -0.2) is 0 Å². The SMILES string of the molecule is COC1CC2OC2CC1OC. The quantitative estimate of drug-likeness (QED) is 0.551. The summed E-state index contributed by atoms with van der Waals surface area (Å²) in [6, 6.07) is 0. The molecule has 3 nitrogen and oxygen atoms in total. The minimum absolute atomic E-state index is 0.240. The molecule has 0 aromatic heterocycles. The Morgan fingerprint density at radius 1 is 1.00 bits per heavy atom. The Kier molecular flexibility index (Phi) is 1.87. The molecule has 1 saturated carbocycles. The number of epoxide rings is 1. The lowest BCUT2D eigenvalue weighted by molar-refractivity contribution is -0.0510. The van der Waals surface area contributed by atoms with E-state index in [9.17, 15) is 0 Å². The summed E-state index contributed by atoms with van der Waals surface area (Å²) < 4.78 is 16.0. The minimum atomic E-state index is 0.240. The van der Waals surface area contributed by atoms with E-state index in [0.717, 1.165) is 12.8 Å². The predicted octanol–water partition coefficient (Wildman–Crippen LogP) is 0.578. The van der Waals surface area contributed by atoms with Gasteiger partial charge in [-0.3, -0.25) is 0 Å². The normalized spacial score (nSPS) is 48.5. The molecule has 0 N–H and O–H groups in total. The third-order valence-corrected chi connectivity index (χ3v) is 2.64. The molecule has 1 aliphatic carbocycles. The van der Waals surface area contributed by atoms with Crippen LogP contribution in [0.3, 0.4) is 0 Å². The lowest BCUT2D eigenvalue weighted by Gasteiger charge is -2.26. The van der Waals surface area contributed by atoms with Gasteiger partial charge in [0.05, 0.1) is 24.4 Å². The first-order valence-corrected chi connectivity index (χ1v) is 4.06. The largest absolute Gasteiger partial charge is 0.379 e. The highest BCUT2D eigenvalue weighted by Crippen LogP contribution is 2.38. The van der Waals surface area contributed by atoms with E-state index < -0.39 is 0 Å². The fourth-order valence-electron chi connectivity index (χ4n) is 1.85. The molecule has 11 heavy (non-hydrogen) atoms. The van der Waals surface area contributed by atoms with Crippen molar-refractivity contribution in [2.24, 2.45) is 0 Å². The minimum Gasteiger partial charge on any atom is -0.379 e. The fraction of sp³-hybridized carbons (Fsp3) is 1.00. The molecule has 0 aromatic carbocycles. The first-order valence-electron chi connectivity index (χ1n) is 4.06. The topological polar surface area (TPSA) is 31.0 Å². The molecule has 0 aromatic rings. The molecule has 1 saturated heterocycles. The smallest absolute Gasteiger partial charge is 0.0868 e. The highest BCUT2D eigenvalue weighted by molar-refractivity contribution is 4.97. The van der Waals surface area contributed by atoms with Crippen molar-refractivity contribution >= 4 is 0 Å². The summed E-state index contributed by atoms with van der Waals surface area (Å²) in [5.74, 6) is 0. The van der Waals surface area contributed by atoms with Crippen molar-refractivity contribution in [1.82, 2.24) is 0 Å². The van der Waals surface area contributed by atoms with Crippen LogP contribution in [0.2, 0.25) is 0 Å². The number of ether oxygens (including phenoxy) is 3. The molecule has 64 valence electrons. The third kappa shape index (κ3) is 1.28. The van der Waals surface area contributed by atoms with Gasteiger partial charge in [-0.15, -0.1) is 0 Å². The van der Waals surface area contributed by atoms with Crippen LogP contribution in [-0.2, 0) is 14.2 Å². The van der Waals surface area contributed by atoms with E-state index in [1.807, 2.05) is 0 Å². The summed E-state index contributed by atoms with van der Waals surface area (Å²) in [6.45, 7) is 0. The number of hydrogen-bond donors (Lipinski definition) is 0. The van der Waals surface area contributed by atoms with E-state index in [1.54, 1.807) is 14.2 Å². The zero-order valence-electron chi connectivity index (χ0n) is 6.95. The van der Waals surface area contributed by atoms with E-state index in [1.165, 1.54) is 0 Å². The van der Waals surface area contributed by atoms with E-state index in [4.69, 9.17) is 14.2 Å². The second kappa shape index (κ2) is 2.73. The average molecular weight is 158 g/mol. The molecule has 1 heterocycles. The fourth-order valence-corrected chi connectivity index (χ4v) is 1.85. The summed E-state index contributed by atoms with van der Waals surface area (Å²) >= 11 is 0. The summed E-state index contributed by atoms with van der Waals surface area (Å²) in [5.41, 5.74) is 0. The van der Waals surface area contributed by atoms with Crippen molar-refractivity contribution in [2.45, 2.75) is 37.3 Å². The predicted molar refractivity (Wildman–Crippen MR) is 39.5 cm³/mol. The molecule has 0 radical (unpaired) electrons. The molecular formula is C8H14O3. The Bertz CT molecular complexity index is 132. The van der Waals surface area contributed by atoms with Gasteiger partial charge in [-0.2, -0.15) is 0 Å². The van der Waals surface area contributed by atoms with Crippen molar-refractivity contribution in [3.63, 3.8) is 0 Å². The second-order valence-electron chi connectivity index (χ2n) is 3.23. The highest BCUT2D eigenvalue weighted by atomic mass is 16.6. The Balaban J connectivity index is 1.94. The van der Waals surface area contributed by atoms with Gasteiger partial charge in [0.1, 0.15) is 0 Å². The van der Waals surface area contributed by atoms with Gasteiger partial charge in [0, 0.05) is 27.1 Å². The number of methoxy groups -OCH3 is 2. The van der Waals surface area contributed by atoms with Gasteiger partial charge in [0.25, 0.3) is 0 Å². The molecule has 2 aliphatic rings. The first kappa shape index (κ1) is 7.53. The Morgan fingerprint density at radius 2 is 1.45 bits per heavy atom. The number of hydrogen-bond acceptors (Lipinski definition) is 3. The molecule has 0 bridgehead atoms. The molecule has 0 spiro atoms. The molecule has 3 heteroatoms. The molecule has 4 unspecified atom stereocenters. The number of fused-ring (bicyclic) bond motifs is 1. The van der Waals surface area contributed by atoms with Gasteiger partial charge in [0.2, 0.25) is 0 Å². The van der Waals surface area contributed by atoms with Crippen LogP contribution in [0.1, 0.15) is 12.8 Å². The molecule has 1 aliphatic heterocycles. The lowest BCUT2D eigenvalue weighted by atomic mass is 9.95. The maximum atomic E-state index is 5.38. The Hall–Kier alpha value is -0.120. The van der Waals surface area contributed by atoms with Crippen LogP contribution in [0.4, 0.5) is 0 Å². The van der Waals surface area contributed by atoms with Crippen LogP contribution in [0.5, 0.6) is 0 Å². The molecular weight excluding hydrogens is 144 g/mol. The summed E-state index contributed by atoms with van der Waals surface area (Å²) in [4.78, 5) is 0. The van der Waals surface area contributed by atoms with Gasteiger partial charge >= 0.3 is 0 Å². The third-order valence-electron chi connectivity index (χ3n) is 2.64. The van der Waals surface area contributed by atoms with Crippen LogP contribution in [-0.4, -0.2) is 38.6 Å². The highest BCUT2D eigenvalue weighted by Gasteiger charge is 2.48. The Morgan fingerprint density at radius 3 is 1.82 bits per heavy atom. The van der Waals surface area contributed by atoms with Gasteiger partial charge in [-0.1, -0.05) is 0 Å². The maximum Gasteiger partial charge on any atom is 0.0868 e. The van der Waals surface area contributed by atoms with Crippen molar-refractivity contribution in [2.75, 3.05) is 14.2 Å². The molecule has 0 amide bonds. The van der Waals surface area contributed by atoms with E-state index >= 15 is 0 Å². The molecule has 4 atom stereocenters. The van der Waals surface area contributed by atoms with Crippen LogP contribution in [0.15, 0.2) is 0 Å². The zero-order chi connectivity index (χ0) is 7.84. The van der Waals surface area contributed by atoms with Gasteiger partial charge in [-0.05, 0) is 0 Å². The summed E-state index contributed by atoms with van der Waals surface area (Å²) in [5, 5.41) is 0. The van der Waals surface area contributed by atoms with Crippen LogP contribution in [0.25, 0.3) is 0 Å². The van der Waals surface area contributed by atoms with E-state index in [-0.39, 0.29) is 12.2 Å². The lowest BCUT2D eigenvalue weighted by Crippen LogP contribution is -2.36. The van der Waals surface area contributed by atoms with Crippen LogP contribution in [0, 0.1) is 0 Å². The molecule has 2 rings (SSSR count). The summed E-state index contributed by atoms with van der Waals surface area (Å²) in [7, 11) is 3.47. The van der Waals surface area contributed by atoms with Crippen LogP contribution < -0.4 is 0 Å². The van der Waals surface area contributed by atoms with Crippen molar-refractivity contribution in [1.29, 1.82) is 0 Å². The van der Waals surface area contributed by atoms with Crippen molar-refractivity contribution in [3.05, 3.63) is 0 Å². The van der Waals surface area contributed by atoms with Crippen molar-refractivity contribution in [3.8, 4) is 0 Å². The standard InChI is InChI=1S/C8H14O3/c1-9-5-3-7-8(11-7)4-6(5)10-2/h5-8H,3-4H2,1-2H3. The zero-order valence-corrected chi connectivity index (χ0v) is 6.95. The van der Waals surface area contributed by atoms with E-state index in [2.05, 4.69) is 0 Å². The monoisotopic (exact) mass is 158 g/mol. The second-order valence-corrected chi connectivity index (χ2v) is 3.23. The molecule has 2 fully saturated rings. The van der Waals surface area contributed by atoms with Crippen molar-refractivity contribution < 1.29 is 14.2 Å². The van der Waals surface area contributed by atoms with E-state index in [0.29, 0.717) is 12.2 Å².